The minimum atomic E-state index is 0.150. The van der Waals surface area contributed by atoms with E-state index in [2.05, 4.69) is 23.4 Å². The topological polar surface area (TPSA) is 51.8 Å². The average molecular weight is 213 g/mol. The Labute approximate surface area is 89.9 Å². The molecule has 1 rings (SSSR count). The fourth-order valence-corrected chi connectivity index (χ4v) is 2.19. The van der Waals surface area contributed by atoms with Crippen molar-refractivity contribution >= 4 is 11.5 Å². The molecule has 0 saturated heterocycles. The second kappa shape index (κ2) is 6.09. The summed E-state index contributed by atoms with van der Waals surface area (Å²) in [6, 6.07) is 0.150. The van der Waals surface area contributed by atoms with Gasteiger partial charge in [-0.05, 0) is 24.4 Å². The van der Waals surface area contributed by atoms with Crippen LogP contribution in [0.25, 0.3) is 0 Å². The van der Waals surface area contributed by atoms with Crippen molar-refractivity contribution in [3.8, 4) is 0 Å². The predicted octanol–water partition coefficient (Wildman–Crippen LogP) is 2.68. The molecule has 0 spiro atoms. The molecule has 1 aromatic heterocycles. The fraction of sp³-hybridized carbons (Fsp3) is 0.800. The summed E-state index contributed by atoms with van der Waals surface area (Å²) in [6.07, 6.45) is 5.55. The van der Waals surface area contributed by atoms with Crippen LogP contribution in [-0.4, -0.2) is 9.59 Å². The van der Waals surface area contributed by atoms with Crippen molar-refractivity contribution in [2.75, 3.05) is 0 Å². The third kappa shape index (κ3) is 3.03. The smallest absolute Gasteiger partial charge is 0.0803 e. The summed E-state index contributed by atoms with van der Waals surface area (Å²) in [5.41, 5.74) is 7.20. The van der Waals surface area contributed by atoms with E-state index in [4.69, 9.17) is 5.73 Å². The Hall–Kier alpha value is -0.480. The highest BCUT2D eigenvalue weighted by atomic mass is 32.1. The molecule has 0 radical (unpaired) electrons. The fourth-order valence-electron chi connectivity index (χ4n) is 1.46. The summed E-state index contributed by atoms with van der Waals surface area (Å²) < 4.78 is 3.98. The minimum Gasteiger partial charge on any atom is -0.323 e. The molecule has 0 aliphatic heterocycles. The van der Waals surface area contributed by atoms with Crippen LogP contribution in [0.1, 0.15) is 56.1 Å². The molecule has 14 heavy (non-hydrogen) atoms. The second-order valence-corrected chi connectivity index (χ2v) is 4.37. The molecule has 0 aromatic carbocycles. The zero-order valence-electron chi connectivity index (χ0n) is 8.99. The van der Waals surface area contributed by atoms with E-state index in [9.17, 15) is 0 Å². The van der Waals surface area contributed by atoms with Gasteiger partial charge >= 0.3 is 0 Å². The summed E-state index contributed by atoms with van der Waals surface area (Å²) in [6.45, 7) is 4.34. The highest BCUT2D eigenvalue weighted by molar-refractivity contribution is 7.05. The molecule has 0 fully saturated rings. The van der Waals surface area contributed by atoms with Crippen molar-refractivity contribution < 1.29 is 0 Å². The van der Waals surface area contributed by atoms with Crippen LogP contribution >= 0.6 is 11.5 Å². The maximum Gasteiger partial charge on any atom is 0.0803 e. The van der Waals surface area contributed by atoms with Crippen molar-refractivity contribution in [3.63, 3.8) is 0 Å². The average Bonchev–Trinajstić information content (AvgIpc) is 2.63. The molecule has 0 amide bonds. The summed E-state index contributed by atoms with van der Waals surface area (Å²) in [5, 5.41) is 4.12. The Morgan fingerprint density at radius 1 is 1.36 bits per heavy atom. The van der Waals surface area contributed by atoms with Crippen LogP contribution in [0.2, 0.25) is 0 Å². The van der Waals surface area contributed by atoms with Crippen molar-refractivity contribution in [2.45, 2.75) is 52.0 Å². The van der Waals surface area contributed by atoms with Gasteiger partial charge in [0, 0.05) is 6.04 Å². The number of hydrogen-bond donors (Lipinski definition) is 1. The Kier molecular flexibility index (Phi) is 5.04. The molecule has 0 bridgehead atoms. The molecule has 4 heteroatoms. The van der Waals surface area contributed by atoms with Gasteiger partial charge in [0.05, 0.1) is 10.6 Å². The van der Waals surface area contributed by atoms with Gasteiger partial charge in [-0.25, -0.2) is 0 Å². The Bertz CT molecular complexity index is 260. The van der Waals surface area contributed by atoms with Crippen LogP contribution < -0.4 is 5.73 Å². The van der Waals surface area contributed by atoms with Crippen molar-refractivity contribution in [1.82, 2.24) is 9.59 Å². The highest BCUT2D eigenvalue weighted by Gasteiger charge is 2.14. The molecular weight excluding hydrogens is 194 g/mol. The number of nitrogens with two attached hydrogens (primary N) is 1. The third-order valence-electron chi connectivity index (χ3n) is 2.28. The molecule has 1 aromatic rings. The van der Waals surface area contributed by atoms with E-state index in [1.165, 1.54) is 29.3 Å². The maximum absolute atomic E-state index is 6.09. The summed E-state index contributed by atoms with van der Waals surface area (Å²) in [4.78, 5) is 1.19. The van der Waals surface area contributed by atoms with E-state index < -0.39 is 0 Å². The predicted molar refractivity (Wildman–Crippen MR) is 60.4 cm³/mol. The van der Waals surface area contributed by atoms with Gasteiger partial charge in [-0.1, -0.05) is 37.6 Å². The maximum atomic E-state index is 6.09. The van der Waals surface area contributed by atoms with Gasteiger partial charge in [-0.2, -0.15) is 0 Å². The van der Waals surface area contributed by atoms with E-state index in [1.807, 2.05) is 0 Å². The van der Waals surface area contributed by atoms with Crippen LogP contribution in [0, 0.1) is 0 Å². The first-order valence-corrected chi connectivity index (χ1v) is 6.13. The number of nitrogens with zero attached hydrogens (tertiary/aromatic N) is 2. The Morgan fingerprint density at radius 2 is 2.14 bits per heavy atom. The number of aryl methyl sites for hydroxylation is 1. The summed E-state index contributed by atoms with van der Waals surface area (Å²) in [5.74, 6) is 0. The minimum absolute atomic E-state index is 0.150. The van der Waals surface area contributed by atoms with Crippen molar-refractivity contribution in [1.29, 1.82) is 0 Å². The van der Waals surface area contributed by atoms with Crippen LogP contribution in [-0.2, 0) is 6.42 Å². The van der Waals surface area contributed by atoms with Gasteiger partial charge in [0.15, 0.2) is 0 Å². The lowest BCUT2D eigenvalue weighted by Crippen LogP contribution is -2.10. The first-order chi connectivity index (χ1) is 6.79. The van der Waals surface area contributed by atoms with Crippen LogP contribution in [0.15, 0.2) is 0 Å². The highest BCUT2D eigenvalue weighted by Crippen LogP contribution is 2.23. The van der Waals surface area contributed by atoms with E-state index >= 15 is 0 Å². The van der Waals surface area contributed by atoms with Gasteiger partial charge in [-0.3, -0.25) is 0 Å². The molecule has 0 saturated carbocycles. The first-order valence-electron chi connectivity index (χ1n) is 5.36. The summed E-state index contributed by atoms with van der Waals surface area (Å²) in [7, 11) is 0. The number of rotatable bonds is 6. The SMILES string of the molecule is CCCCC(N)c1snnc1CCC. The zero-order valence-corrected chi connectivity index (χ0v) is 9.81. The normalized spacial score (nSPS) is 13.1. The lowest BCUT2D eigenvalue weighted by molar-refractivity contribution is 0.604. The lowest BCUT2D eigenvalue weighted by Gasteiger charge is -2.09. The van der Waals surface area contributed by atoms with Crippen LogP contribution in [0.5, 0.6) is 0 Å². The largest absolute Gasteiger partial charge is 0.323 e. The molecular formula is C10H19N3S. The van der Waals surface area contributed by atoms with Gasteiger partial charge in [0.2, 0.25) is 0 Å². The van der Waals surface area contributed by atoms with Gasteiger partial charge in [0.1, 0.15) is 0 Å². The van der Waals surface area contributed by atoms with Gasteiger partial charge in [0.25, 0.3) is 0 Å². The number of aromatic nitrogens is 2. The molecule has 1 atom stereocenters. The van der Waals surface area contributed by atoms with E-state index in [0.717, 1.165) is 25.0 Å². The molecule has 1 unspecified atom stereocenters. The monoisotopic (exact) mass is 213 g/mol. The molecule has 80 valence electrons. The van der Waals surface area contributed by atoms with E-state index in [1.54, 1.807) is 0 Å². The van der Waals surface area contributed by atoms with Crippen molar-refractivity contribution in [2.24, 2.45) is 5.73 Å². The Balaban J connectivity index is 2.58. The molecule has 3 nitrogen and oxygen atoms in total. The van der Waals surface area contributed by atoms with Crippen LogP contribution in [0.3, 0.4) is 0 Å². The molecule has 1 heterocycles. The van der Waals surface area contributed by atoms with E-state index in [-0.39, 0.29) is 6.04 Å². The molecule has 0 aliphatic carbocycles. The molecule has 2 N–H and O–H groups in total. The zero-order chi connectivity index (χ0) is 10.4. The molecule has 0 aliphatic rings. The quantitative estimate of drug-likeness (QED) is 0.790. The second-order valence-electron chi connectivity index (χ2n) is 3.58. The van der Waals surface area contributed by atoms with Crippen molar-refractivity contribution in [3.05, 3.63) is 10.6 Å². The standard InChI is InChI=1S/C10H19N3S/c1-3-5-7-8(11)10-9(6-4-2)12-13-14-10/h8H,3-7,11H2,1-2H3. The van der Waals surface area contributed by atoms with Crippen LogP contribution in [0.4, 0.5) is 0 Å². The number of hydrogen-bond acceptors (Lipinski definition) is 4. The summed E-state index contributed by atoms with van der Waals surface area (Å²) >= 11 is 1.46. The number of unbranched alkanes of at least 4 members (excludes halogenated alkanes) is 1. The third-order valence-corrected chi connectivity index (χ3v) is 3.18. The van der Waals surface area contributed by atoms with Gasteiger partial charge in [-0.15, -0.1) is 5.10 Å². The van der Waals surface area contributed by atoms with Gasteiger partial charge < -0.3 is 5.73 Å². The first kappa shape index (κ1) is 11.6. The Morgan fingerprint density at radius 3 is 2.79 bits per heavy atom. The van der Waals surface area contributed by atoms with E-state index in [0.29, 0.717) is 0 Å². The lowest BCUT2D eigenvalue weighted by atomic mass is 10.1.